The molecule has 0 aliphatic carbocycles. The summed E-state index contributed by atoms with van der Waals surface area (Å²) in [6, 6.07) is 5.77. The summed E-state index contributed by atoms with van der Waals surface area (Å²) in [5.41, 5.74) is 6.96. The number of halogens is 1. The molecule has 0 spiro atoms. The molecule has 2 aromatic rings. The standard InChI is InChI=1S/C19H19ClN4O5/c1-10(25)23-15(18(26)28-2)7-11-6-13(4-5-14(11)20)24-9-12(8-21)16(22)17(24)19(27)29-3/h4-6,9,15H,7,22H2,1-3H3,(H,23,25). The van der Waals surface area contributed by atoms with E-state index >= 15 is 0 Å². The summed E-state index contributed by atoms with van der Waals surface area (Å²) in [6.07, 6.45) is 1.45. The van der Waals surface area contributed by atoms with Gasteiger partial charge in [0.25, 0.3) is 0 Å². The van der Waals surface area contributed by atoms with Crippen molar-refractivity contribution in [2.45, 2.75) is 19.4 Å². The van der Waals surface area contributed by atoms with Crippen molar-refractivity contribution in [1.82, 2.24) is 9.88 Å². The highest BCUT2D eigenvalue weighted by molar-refractivity contribution is 6.31. The van der Waals surface area contributed by atoms with Crippen LogP contribution in [0.1, 0.15) is 28.5 Å². The van der Waals surface area contributed by atoms with Crippen LogP contribution in [0.15, 0.2) is 24.4 Å². The molecule has 1 heterocycles. The van der Waals surface area contributed by atoms with Gasteiger partial charge < -0.3 is 25.1 Å². The summed E-state index contributed by atoms with van der Waals surface area (Å²) in [5.74, 6) is -1.75. The molecule has 29 heavy (non-hydrogen) atoms. The SMILES string of the molecule is COC(=O)c1c(N)c(C#N)cn1-c1ccc(Cl)c(CC(NC(C)=O)C(=O)OC)c1. The summed E-state index contributed by atoms with van der Waals surface area (Å²) in [5, 5.41) is 12.1. The number of carbonyl (C=O) groups excluding carboxylic acids is 3. The highest BCUT2D eigenvalue weighted by atomic mass is 35.5. The Hall–Kier alpha value is -3.51. The predicted molar refractivity (Wildman–Crippen MR) is 105 cm³/mol. The predicted octanol–water partition coefficient (Wildman–Crippen LogP) is 1.59. The van der Waals surface area contributed by atoms with Crippen molar-refractivity contribution in [3.8, 4) is 11.8 Å². The number of nitriles is 1. The number of ether oxygens (including phenoxy) is 2. The molecular formula is C19H19ClN4O5. The molecule has 1 atom stereocenters. The minimum atomic E-state index is -0.949. The molecule has 0 fully saturated rings. The number of esters is 2. The number of nitrogens with two attached hydrogens (primary N) is 1. The second-order valence-electron chi connectivity index (χ2n) is 6.03. The smallest absolute Gasteiger partial charge is 0.357 e. The van der Waals surface area contributed by atoms with E-state index in [1.807, 2.05) is 6.07 Å². The molecule has 152 valence electrons. The number of methoxy groups -OCH3 is 2. The molecule has 1 amide bonds. The van der Waals surface area contributed by atoms with Gasteiger partial charge in [-0.15, -0.1) is 0 Å². The van der Waals surface area contributed by atoms with Crippen LogP contribution < -0.4 is 11.1 Å². The summed E-state index contributed by atoms with van der Waals surface area (Å²) in [6.45, 7) is 1.28. The van der Waals surface area contributed by atoms with Crippen LogP contribution in [0.3, 0.4) is 0 Å². The Morgan fingerprint density at radius 1 is 1.31 bits per heavy atom. The number of carbonyl (C=O) groups is 3. The van der Waals surface area contributed by atoms with Crippen molar-refractivity contribution in [3.05, 3.63) is 46.2 Å². The zero-order valence-electron chi connectivity index (χ0n) is 16.0. The number of nitrogen functional groups attached to an aromatic ring is 1. The lowest BCUT2D eigenvalue weighted by molar-refractivity contribution is -0.144. The van der Waals surface area contributed by atoms with E-state index in [4.69, 9.17) is 26.8 Å². The number of benzene rings is 1. The van der Waals surface area contributed by atoms with Gasteiger partial charge in [0.15, 0.2) is 5.69 Å². The third-order valence-electron chi connectivity index (χ3n) is 4.14. The molecule has 0 saturated heterocycles. The number of nitrogens with one attached hydrogen (secondary N) is 1. The second-order valence-corrected chi connectivity index (χ2v) is 6.44. The number of rotatable bonds is 6. The molecule has 0 bridgehead atoms. The van der Waals surface area contributed by atoms with Crippen molar-refractivity contribution >= 4 is 35.1 Å². The van der Waals surface area contributed by atoms with Crippen LogP contribution in [0.25, 0.3) is 5.69 Å². The van der Waals surface area contributed by atoms with Gasteiger partial charge in [0.05, 0.1) is 25.5 Å². The second kappa shape index (κ2) is 9.12. The molecule has 10 heteroatoms. The van der Waals surface area contributed by atoms with E-state index in [0.29, 0.717) is 16.3 Å². The van der Waals surface area contributed by atoms with Gasteiger partial charge in [-0.25, -0.2) is 9.59 Å². The maximum absolute atomic E-state index is 12.2. The number of aromatic nitrogens is 1. The van der Waals surface area contributed by atoms with Crippen LogP contribution in [0.5, 0.6) is 0 Å². The molecule has 9 nitrogen and oxygen atoms in total. The molecule has 0 aliphatic heterocycles. The molecule has 0 saturated carbocycles. The Labute approximate surface area is 171 Å². The Morgan fingerprint density at radius 2 is 2.00 bits per heavy atom. The van der Waals surface area contributed by atoms with Crippen LogP contribution >= 0.6 is 11.6 Å². The summed E-state index contributed by atoms with van der Waals surface area (Å²) in [4.78, 5) is 35.6. The molecule has 1 aromatic carbocycles. The van der Waals surface area contributed by atoms with Crippen LogP contribution in [0.4, 0.5) is 5.69 Å². The largest absolute Gasteiger partial charge is 0.467 e. The maximum atomic E-state index is 12.2. The fourth-order valence-electron chi connectivity index (χ4n) is 2.79. The average molecular weight is 419 g/mol. The van der Waals surface area contributed by atoms with E-state index in [0.717, 1.165) is 0 Å². The summed E-state index contributed by atoms with van der Waals surface area (Å²) >= 11 is 6.26. The first-order valence-electron chi connectivity index (χ1n) is 8.36. The Morgan fingerprint density at radius 3 is 2.55 bits per heavy atom. The molecule has 1 aromatic heterocycles. The van der Waals surface area contributed by atoms with Gasteiger partial charge in [-0.05, 0) is 23.8 Å². The monoisotopic (exact) mass is 418 g/mol. The third-order valence-corrected chi connectivity index (χ3v) is 4.51. The van der Waals surface area contributed by atoms with Crippen molar-refractivity contribution in [2.75, 3.05) is 20.0 Å². The van der Waals surface area contributed by atoms with E-state index in [9.17, 15) is 19.6 Å². The van der Waals surface area contributed by atoms with Crippen molar-refractivity contribution in [2.24, 2.45) is 0 Å². The highest BCUT2D eigenvalue weighted by Gasteiger charge is 2.24. The highest BCUT2D eigenvalue weighted by Crippen LogP contribution is 2.28. The lowest BCUT2D eigenvalue weighted by Gasteiger charge is -2.17. The van der Waals surface area contributed by atoms with E-state index in [1.165, 1.54) is 31.9 Å². The average Bonchev–Trinajstić information content (AvgIpc) is 3.03. The van der Waals surface area contributed by atoms with Gasteiger partial charge in [-0.2, -0.15) is 5.26 Å². The van der Waals surface area contributed by atoms with Crippen molar-refractivity contribution < 1.29 is 23.9 Å². The zero-order chi connectivity index (χ0) is 21.7. The summed E-state index contributed by atoms with van der Waals surface area (Å²) in [7, 11) is 2.41. The van der Waals surface area contributed by atoms with Gasteiger partial charge in [-0.1, -0.05) is 11.6 Å². The zero-order valence-corrected chi connectivity index (χ0v) is 16.7. The minimum absolute atomic E-state index is 0.0105. The third kappa shape index (κ3) is 4.67. The number of hydrogen-bond donors (Lipinski definition) is 2. The van der Waals surface area contributed by atoms with Gasteiger partial charge in [0, 0.05) is 30.3 Å². The van der Waals surface area contributed by atoms with Gasteiger partial charge in [-0.3, -0.25) is 4.79 Å². The number of amides is 1. The van der Waals surface area contributed by atoms with E-state index in [1.54, 1.807) is 18.2 Å². The fourth-order valence-corrected chi connectivity index (χ4v) is 2.98. The lowest BCUT2D eigenvalue weighted by atomic mass is 10.0. The number of anilines is 1. The van der Waals surface area contributed by atoms with E-state index in [-0.39, 0.29) is 23.4 Å². The number of hydrogen-bond acceptors (Lipinski definition) is 7. The fraction of sp³-hybridized carbons (Fsp3) is 0.263. The van der Waals surface area contributed by atoms with Crippen LogP contribution in [0.2, 0.25) is 5.02 Å². The Kier molecular flexibility index (Phi) is 6.85. The van der Waals surface area contributed by atoms with Gasteiger partial charge >= 0.3 is 11.9 Å². The molecule has 0 aliphatic rings. The molecular weight excluding hydrogens is 400 g/mol. The van der Waals surface area contributed by atoms with E-state index in [2.05, 4.69) is 5.32 Å². The first kappa shape index (κ1) is 21.8. The van der Waals surface area contributed by atoms with Gasteiger partial charge in [0.1, 0.15) is 12.1 Å². The Bertz CT molecular complexity index is 1010. The normalized spacial score (nSPS) is 11.3. The summed E-state index contributed by atoms with van der Waals surface area (Å²) < 4.78 is 10.9. The topological polar surface area (TPSA) is 136 Å². The minimum Gasteiger partial charge on any atom is -0.467 e. The van der Waals surface area contributed by atoms with Crippen LogP contribution in [-0.4, -0.2) is 42.7 Å². The first-order valence-corrected chi connectivity index (χ1v) is 8.74. The first-order chi connectivity index (χ1) is 13.7. The quantitative estimate of drug-likeness (QED) is 0.679. The molecule has 0 radical (unpaired) electrons. The van der Waals surface area contributed by atoms with Gasteiger partial charge in [0.2, 0.25) is 5.91 Å². The lowest BCUT2D eigenvalue weighted by Crippen LogP contribution is -2.42. The molecule has 2 rings (SSSR count). The van der Waals surface area contributed by atoms with Crippen molar-refractivity contribution in [1.29, 1.82) is 5.26 Å². The van der Waals surface area contributed by atoms with Crippen LogP contribution in [-0.2, 0) is 25.5 Å². The van der Waals surface area contributed by atoms with Crippen molar-refractivity contribution in [3.63, 3.8) is 0 Å². The number of nitrogens with zero attached hydrogens (tertiary/aromatic N) is 2. The maximum Gasteiger partial charge on any atom is 0.357 e. The molecule has 1 unspecified atom stereocenters. The molecule has 3 N–H and O–H groups in total. The Balaban J connectivity index is 2.54. The van der Waals surface area contributed by atoms with Crippen LogP contribution in [0, 0.1) is 11.3 Å². The van der Waals surface area contributed by atoms with E-state index < -0.39 is 23.9 Å².